The van der Waals surface area contributed by atoms with Gasteiger partial charge in [0.2, 0.25) is 0 Å². The lowest BCUT2D eigenvalue weighted by Gasteiger charge is -2.08. The van der Waals surface area contributed by atoms with E-state index in [4.69, 9.17) is 9.84 Å². The van der Waals surface area contributed by atoms with Gasteiger partial charge >= 0.3 is 0 Å². The molecule has 9 heavy (non-hydrogen) atoms. The van der Waals surface area contributed by atoms with E-state index >= 15 is 0 Å². The minimum Gasteiger partial charge on any atom is -0.387 e. The van der Waals surface area contributed by atoms with E-state index in [0.717, 1.165) is 0 Å². The number of ether oxygens (including phenoxy) is 1. The van der Waals surface area contributed by atoms with E-state index in [2.05, 4.69) is 6.58 Å². The molecule has 0 aromatic carbocycles. The van der Waals surface area contributed by atoms with E-state index in [1.54, 1.807) is 0 Å². The van der Waals surface area contributed by atoms with Gasteiger partial charge in [-0.15, -0.1) is 6.58 Å². The first-order chi connectivity index (χ1) is 4.16. The zero-order valence-corrected chi connectivity index (χ0v) is 6.00. The van der Waals surface area contributed by atoms with Crippen LogP contribution in [-0.4, -0.2) is 23.9 Å². The molecule has 1 unspecified atom stereocenters. The van der Waals surface area contributed by atoms with Crippen molar-refractivity contribution in [3.8, 4) is 0 Å². The van der Waals surface area contributed by atoms with E-state index in [1.807, 2.05) is 13.8 Å². The first-order valence-corrected chi connectivity index (χ1v) is 3.09. The van der Waals surface area contributed by atoms with Gasteiger partial charge in [-0.2, -0.15) is 0 Å². The van der Waals surface area contributed by atoms with E-state index in [9.17, 15) is 0 Å². The highest BCUT2D eigenvalue weighted by atomic mass is 16.5. The van der Waals surface area contributed by atoms with Crippen LogP contribution in [0.1, 0.15) is 13.8 Å². The summed E-state index contributed by atoms with van der Waals surface area (Å²) in [6, 6.07) is 0. The molecule has 1 N–H and O–H groups in total. The molecular formula is C7H14O2. The number of hydrogen-bond acceptors (Lipinski definition) is 2. The number of rotatable bonds is 4. The molecule has 0 aliphatic rings. The summed E-state index contributed by atoms with van der Waals surface area (Å²) in [6.07, 6.45) is 1.12. The van der Waals surface area contributed by atoms with Gasteiger partial charge in [0.25, 0.3) is 0 Å². The molecule has 0 heterocycles. The maximum Gasteiger partial charge on any atom is 0.0952 e. The molecule has 0 saturated heterocycles. The third kappa shape index (κ3) is 5.53. The zero-order chi connectivity index (χ0) is 7.28. The Morgan fingerprint density at radius 3 is 2.56 bits per heavy atom. The Bertz CT molecular complexity index is 79.0. The second kappa shape index (κ2) is 4.53. The quantitative estimate of drug-likeness (QED) is 0.574. The summed E-state index contributed by atoms with van der Waals surface area (Å²) in [7, 11) is 0. The average Bonchev–Trinajstić information content (AvgIpc) is 1.83. The lowest BCUT2D eigenvalue weighted by Crippen LogP contribution is -2.15. The third-order valence-electron chi connectivity index (χ3n) is 0.872. The van der Waals surface area contributed by atoms with E-state index < -0.39 is 6.10 Å². The van der Waals surface area contributed by atoms with Crippen LogP contribution in [0.5, 0.6) is 0 Å². The topological polar surface area (TPSA) is 29.5 Å². The van der Waals surface area contributed by atoms with Crippen LogP contribution in [0, 0.1) is 0 Å². The number of hydrogen-bond donors (Lipinski definition) is 1. The van der Waals surface area contributed by atoms with E-state index in [-0.39, 0.29) is 6.10 Å². The Morgan fingerprint density at radius 2 is 2.22 bits per heavy atom. The van der Waals surface area contributed by atoms with Gasteiger partial charge in [-0.3, -0.25) is 0 Å². The van der Waals surface area contributed by atoms with Crippen molar-refractivity contribution in [2.45, 2.75) is 26.1 Å². The van der Waals surface area contributed by atoms with Crippen molar-refractivity contribution in [1.29, 1.82) is 0 Å². The summed E-state index contributed by atoms with van der Waals surface area (Å²) >= 11 is 0. The fraction of sp³-hybridized carbons (Fsp3) is 0.714. The normalized spacial score (nSPS) is 13.8. The lowest BCUT2D eigenvalue weighted by atomic mass is 10.4. The molecule has 0 spiro atoms. The number of aliphatic hydroxyl groups excluding tert-OH is 1. The van der Waals surface area contributed by atoms with E-state index in [0.29, 0.717) is 6.61 Å². The van der Waals surface area contributed by atoms with Crippen LogP contribution >= 0.6 is 0 Å². The predicted molar refractivity (Wildman–Crippen MR) is 37.3 cm³/mol. The zero-order valence-electron chi connectivity index (χ0n) is 6.00. The molecule has 0 aromatic rings. The van der Waals surface area contributed by atoms with Crippen LogP contribution in [0.25, 0.3) is 0 Å². The van der Waals surface area contributed by atoms with Crippen LogP contribution < -0.4 is 0 Å². The minimum absolute atomic E-state index is 0.180. The van der Waals surface area contributed by atoms with Crippen LogP contribution in [-0.2, 0) is 4.74 Å². The summed E-state index contributed by atoms with van der Waals surface area (Å²) in [4.78, 5) is 0. The fourth-order valence-electron chi connectivity index (χ4n) is 0.359. The van der Waals surface area contributed by atoms with Gasteiger partial charge in [0, 0.05) is 0 Å². The lowest BCUT2D eigenvalue weighted by molar-refractivity contribution is 0.0241. The number of aliphatic hydroxyl groups is 1. The third-order valence-corrected chi connectivity index (χ3v) is 0.872. The van der Waals surface area contributed by atoms with Gasteiger partial charge in [-0.05, 0) is 13.8 Å². The summed E-state index contributed by atoms with van der Waals surface area (Å²) in [5.41, 5.74) is 0. The molecule has 0 fully saturated rings. The van der Waals surface area contributed by atoms with Crippen molar-refractivity contribution < 1.29 is 9.84 Å². The maximum absolute atomic E-state index is 8.86. The van der Waals surface area contributed by atoms with Crippen molar-refractivity contribution in [2.75, 3.05) is 6.61 Å². The van der Waals surface area contributed by atoms with E-state index in [1.165, 1.54) is 6.08 Å². The Balaban J connectivity index is 3.16. The molecule has 0 radical (unpaired) electrons. The van der Waals surface area contributed by atoms with Crippen LogP contribution in [0.4, 0.5) is 0 Å². The Hall–Kier alpha value is -0.340. The van der Waals surface area contributed by atoms with Crippen molar-refractivity contribution in [3.05, 3.63) is 12.7 Å². The molecule has 0 rings (SSSR count). The highest BCUT2D eigenvalue weighted by molar-refractivity contribution is 4.77. The highest BCUT2D eigenvalue weighted by Gasteiger charge is 1.98. The molecule has 0 saturated carbocycles. The summed E-state index contributed by atoms with van der Waals surface area (Å²) in [5.74, 6) is 0. The molecule has 2 heteroatoms. The second-order valence-corrected chi connectivity index (χ2v) is 2.19. The predicted octanol–water partition coefficient (Wildman–Crippen LogP) is 0.958. The van der Waals surface area contributed by atoms with Crippen molar-refractivity contribution in [3.63, 3.8) is 0 Å². The molecule has 0 aliphatic heterocycles. The molecule has 1 atom stereocenters. The summed E-state index contributed by atoms with van der Waals surface area (Å²) in [5, 5.41) is 8.86. The molecule has 0 aromatic heterocycles. The fourth-order valence-corrected chi connectivity index (χ4v) is 0.359. The standard InChI is InChI=1S/C7H14O2/c1-4-7(8)5-9-6(2)3/h4,6-8H,1,5H2,2-3H3. The molecule has 54 valence electrons. The van der Waals surface area contributed by atoms with Crippen LogP contribution in [0.15, 0.2) is 12.7 Å². The summed E-state index contributed by atoms with van der Waals surface area (Å²) in [6.45, 7) is 7.61. The summed E-state index contributed by atoms with van der Waals surface area (Å²) < 4.78 is 5.07. The maximum atomic E-state index is 8.86. The SMILES string of the molecule is C=CC(O)COC(C)C. The van der Waals surface area contributed by atoms with Gasteiger partial charge < -0.3 is 9.84 Å². The first-order valence-electron chi connectivity index (χ1n) is 3.09. The Morgan fingerprint density at radius 1 is 1.67 bits per heavy atom. The van der Waals surface area contributed by atoms with Gasteiger partial charge in [-0.25, -0.2) is 0 Å². The second-order valence-electron chi connectivity index (χ2n) is 2.19. The van der Waals surface area contributed by atoms with Crippen molar-refractivity contribution >= 4 is 0 Å². The van der Waals surface area contributed by atoms with Gasteiger partial charge in [0.05, 0.1) is 18.8 Å². The largest absolute Gasteiger partial charge is 0.387 e. The van der Waals surface area contributed by atoms with Crippen molar-refractivity contribution in [1.82, 2.24) is 0 Å². The van der Waals surface area contributed by atoms with Gasteiger partial charge in [0.1, 0.15) is 0 Å². The van der Waals surface area contributed by atoms with Crippen LogP contribution in [0.2, 0.25) is 0 Å². The molecule has 0 aliphatic carbocycles. The molecule has 0 bridgehead atoms. The van der Waals surface area contributed by atoms with Gasteiger partial charge in [-0.1, -0.05) is 6.08 Å². The molecule has 0 amide bonds. The Kier molecular flexibility index (Phi) is 4.36. The average molecular weight is 130 g/mol. The Labute approximate surface area is 56.1 Å². The highest BCUT2D eigenvalue weighted by Crippen LogP contribution is 1.91. The molecule has 2 nitrogen and oxygen atoms in total. The first kappa shape index (κ1) is 8.66. The van der Waals surface area contributed by atoms with Gasteiger partial charge in [0.15, 0.2) is 0 Å². The van der Waals surface area contributed by atoms with Crippen molar-refractivity contribution in [2.24, 2.45) is 0 Å². The van der Waals surface area contributed by atoms with Crippen LogP contribution in [0.3, 0.4) is 0 Å². The minimum atomic E-state index is -0.521. The smallest absolute Gasteiger partial charge is 0.0952 e. The monoisotopic (exact) mass is 130 g/mol. The molecular weight excluding hydrogens is 116 g/mol.